The van der Waals surface area contributed by atoms with Crippen molar-refractivity contribution < 1.29 is 61.5 Å². The van der Waals surface area contributed by atoms with E-state index in [4.69, 9.17) is 0 Å². The Balaban J connectivity index is 0. The minimum absolute atomic E-state index is 0. The van der Waals surface area contributed by atoms with E-state index in [1.807, 2.05) is 0 Å². The van der Waals surface area contributed by atoms with Crippen LogP contribution in [-0.4, -0.2) is 142 Å². The van der Waals surface area contributed by atoms with Gasteiger partial charge in [-0.15, -0.1) is 0 Å². The van der Waals surface area contributed by atoms with Crippen molar-refractivity contribution in [1.82, 2.24) is 0 Å². The monoisotopic (exact) mass is 351 g/mol. The molecule has 0 aliphatic heterocycles. The molecular weight excluding hydrogens is 346 g/mol. The normalized spacial score (nSPS) is 0. The Morgan fingerprint density at radius 2 is 0.750 bits per heavy atom. The first-order chi connectivity index (χ1) is 0. The molecule has 0 fully saturated rings. The Bertz CT molecular complexity index is 17.2. The SMILES string of the molecule is [CaH+].[CaH2].[CaH2].[MgH2].[Mn].[OH-].[Zn].[Zn]. The Kier molecular flexibility index (Phi) is 406. The summed E-state index contributed by atoms with van der Waals surface area (Å²) in [7, 11) is 0. The summed E-state index contributed by atoms with van der Waals surface area (Å²) >= 11 is 0. The van der Waals surface area contributed by atoms with Crippen molar-refractivity contribution in [3.05, 3.63) is 0 Å². The fourth-order valence-corrected chi connectivity index (χ4v) is 0. The van der Waals surface area contributed by atoms with Crippen molar-refractivity contribution in [1.29, 1.82) is 0 Å². The molecule has 0 bridgehead atoms. The van der Waals surface area contributed by atoms with Gasteiger partial charge in [-0.1, -0.05) is 0 Å². The molecule has 1 nitrogen and oxygen atoms in total. The van der Waals surface area contributed by atoms with E-state index in [1.54, 1.807) is 0 Å². The van der Waals surface area contributed by atoms with Crippen LogP contribution in [0.2, 0.25) is 0 Å². The largest absolute Gasteiger partial charge is 0.870 e. The summed E-state index contributed by atoms with van der Waals surface area (Å²) in [5.74, 6) is 0. The van der Waals surface area contributed by atoms with Crippen LogP contribution in [-0.2, 0) is 56.0 Å². The van der Waals surface area contributed by atoms with E-state index in [0.717, 1.165) is 0 Å². The van der Waals surface area contributed by atoms with Crippen molar-refractivity contribution in [2.45, 2.75) is 0 Å². The number of hydrogen-bond acceptors (Lipinski definition) is 1. The molecule has 0 aliphatic carbocycles. The summed E-state index contributed by atoms with van der Waals surface area (Å²) in [6, 6.07) is 0. The molecule has 0 amide bonds. The summed E-state index contributed by atoms with van der Waals surface area (Å²) in [4.78, 5) is 0. The third-order valence-electron chi connectivity index (χ3n) is 0. The molecular formula is H8Ca3MgMnOZn2. The van der Waals surface area contributed by atoms with Gasteiger partial charge >= 0.3 is 136 Å². The predicted molar refractivity (Wildman–Crippen MR) is 34.7 cm³/mol. The molecule has 33 valence electrons. The van der Waals surface area contributed by atoms with Gasteiger partial charge in [-0.05, 0) is 0 Å². The zero-order chi connectivity index (χ0) is 0. The first-order valence-corrected chi connectivity index (χ1v) is 0. The summed E-state index contributed by atoms with van der Waals surface area (Å²) in [5, 5.41) is 0. The molecule has 1 N–H and O–H groups in total. The van der Waals surface area contributed by atoms with Crippen LogP contribution in [0, 0.1) is 0 Å². The summed E-state index contributed by atoms with van der Waals surface area (Å²) in [6.07, 6.45) is 0. The maximum absolute atomic E-state index is 0. The van der Waals surface area contributed by atoms with Gasteiger partial charge in [-0.3, -0.25) is 0 Å². The van der Waals surface area contributed by atoms with Crippen LogP contribution >= 0.6 is 0 Å². The second kappa shape index (κ2) is 50.8. The molecule has 1 radical (unpaired) electrons. The van der Waals surface area contributed by atoms with Gasteiger partial charge in [0, 0.05) is 56.0 Å². The molecule has 0 aromatic heterocycles. The first-order valence-electron chi connectivity index (χ1n) is 0. The molecule has 8 heavy (non-hydrogen) atoms. The van der Waals surface area contributed by atoms with Crippen molar-refractivity contribution >= 4 is 136 Å². The van der Waals surface area contributed by atoms with E-state index < -0.39 is 0 Å². The minimum Gasteiger partial charge on any atom is -0.870 e. The first kappa shape index (κ1) is 63.9. The maximum atomic E-state index is 0. The van der Waals surface area contributed by atoms with Crippen molar-refractivity contribution in [2.24, 2.45) is 0 Å². The van der Waals surface area contributed by atoms with Gasteiger partial charge in [0.15, 0.2) is 0 Å². The quantitative estimate of drug-likeness (QED) is 0.414. The Morgan fingerprint density at radius 3 is 0.750 bits per heavy atom. The Hall–Kier alpha value is 6.27. The van der Waals surface area contributed by atoms with Crippen LogP contribution < -0.4 is 0 Å². The second-order valence-electron chi connectivity index (χ2n) is 0. The third-order valence-corrected chi connectivity index (χ3v) is 0. The topological polar surface area (TPSA) is 30.0 Å². The summed E-state index contributed by atoms with van der Waals surface area (Å²) in [5.41, 5.74) is 0. The molecule has 0 aromatic rings. The molecule has 0 aromatic carbocycles. The summed E-state index contributed by atoms with van der Waals surface area (Å²) in [6.45, 7) is 0. The van der Waals surface area contributed by atoms with E-state index in [-0.39, 0.29) is 198 Å². The molecule has 0 saturated heterocycles. The van der Waals surface area contributed by atoms with Gasteiger partial charge in [0.25, 0.3) is 0 Å². The minimum atomic E-state index is 0. The fraction of sp³-hybridized carbons (Fsp3) is 0. The Morgan fingerprint density at radius 1 is 0.750 bits per heavy atom. The zero-order valence-corrected chi connectivity index (χ0v) is 13.5. The zero-order valence-electron chi connectivity index (χ0n) is 3.24. The van der Waals surface area contributed by atoms with E-state index in [2.05, 4.69) is 0 Å². The van der Waals surface area contributed by atoms with Crippen molar-refractivity contribution in [3.8, 4) is 0 Å². The van der Waals surface area contributed by atoms with E-state index in [9.17, 15) is 0 Å². The van der Waals surface area contributed by atoms with Gasteiger partial charge in [0.2, 0.25) is 0 Å². The van der Waals surface area contributed by atoms with Gasteiger partial charge in [0.05, 0.1) is 0 Å². The Labute approximate surface area is 192 Å². The van der Waals surface area contributed by atoms with Crippen LogP contribution in [0.4, 0.5) is 0 Å². The molecule has 0 rings (SSSR count). The van der Waals surface area contributed by atoms with Crippen molar-refractivity contribution in [2.75, 3.05) is 0 Å². The van der Waals surface area contributed by atoms with Crippen LogP contribution in [0.1, 0.15) is 0 Å². The van der Waals surface area contributed by atoms with Gasteiger partial charge in [-0.25, -0.2) is 0 Å². The smallest absolute Gasteiger partial charge is 0.316 e. The third kappa shape index (κ3) is 39.6. The van der Waals surface area contributed by atoms with Crippen LogP contribution in [0.15, 0.2) is 0 Å². The standard InChI is InChI=1S/3Ca.Mg.Mn.H2O.2Zn.7H/h;;;;;1H2;;;;;;;;;/q;;+1;;;;;;;;;;;;/p-1. The summed E-state index contributed by atoms with van der Waals surface area (Å²) < 4.78 is 0. The van der Waals surface area contributed by atoms with Crippen LogP contribution in [0.25, 0.3) is 0 Å². The fourth-order valence-electron chi connectivity index (χ4n) is 0. The molecule has 0 unspecified atom stereocenters. The number of rotatable bonds is 0. The number of hydrogen-bond donors (Lipinski definition) is 0. The second-order valence-corrected chi connectivity index (χ2v) is 0. The molecule has 0 saturated carbocycles. The van der Waals surface area contributed by atoms with Crippen LogP contribution in [0.3, 0.4) is 0 Å². The molecule has 0 spiro atoms. The van der Waals surface area contributed by atoms with E-state index >= 15 is 0 Å². The molecule has 0 heterocycles. The van der Waals surface area contributed by atoms with Gasteiger partial charge in [0.1, 0.15) is 0 Å². The average Bonchev–Trinajstić information content (AvgIpc) is 0. The molecule has 0 atom stereocenters. The van der Waals surface area contributed by atoms with Gasteiger partial charge in [-0.2, -0.15) is 0 Å². The molecule has 8 heteroatoms. The van der Waals surface area contributed by atoms with E-state index in [0.29, 0.717) is 0 Å². The average molecular weight is 354 g/mol. The maximum Gasteiger partial charge on any atom is 0.316 e. The van der Waals surface area contributed by atoms with Gasteiger partial charge < -0.3 is 5.48 Å². The van der Waals surface area contributed by atoms with Crippen LogP contribution in [0.5, 0.6) is 0 Å². The van der Waals surface area contributed by atoms with E-state index in [1.165, 1.54) is 0 Å². The predicted octanol–water partition coefficient (Wildman–Crippen LogP) is -3.58. The van der Waals surface area contributed by atoms with Crippen molar-refractivity contribution in [3.63, 3.8) is 0 Å². The molecule has 0 aliphatic rings.